The minimum Gasteiger partial charge on any atom is -0.465 e. The molecule has 2 rings (SSSR count). The minimum absolute atomic E-state index is 0.171. The van der Waals surface area contributed by atoms with Gasteiger partial charge in [0, 0.05) is 15.8 Å². The van der Waals surface area contributed by atoms with Gasteiger partial charge in [0.25, 0.3) is 0 Å². The van der Waals surface area contributed by atoms with Gasteiger partial charge in [0.2, 0.25) is 0 Å². The summed E-state index contributed by atoms with van der Waals surface area (Å²) in [5, 5.41) is 3.33. The summed E-state index contributed by atoms with van der Waals surface area (Å²) in [6.45, 7) is 6.25. The normalized spacial score (nSPS) is 17.6. The smallest absolute Gasteiger partial charge is 0.322 e. The molecule has 0 bridgehead atoms. The van der Waals surface area contributed by atoms with Crippen molar-refractivity contribution in [2.75, 3.05) is 6.61 Å². The van der Waals surface area contributed by atoms with Crippen LogP contribution in [0.3, 0.4) is 0 Å². The third-order valence-electron chi connectivity index (χ3n) is 3.58. The fourth-order valence-electron chi connectivity index (χ4n) is 2.52. The molecule has 0 spiro atoms. The first-order valence-electron chi connectivity index (χ1n) is 7.16. The number of hydrogen-bond acceptors (Lipinski definition) is 4. The SMILES string of the molecule is CCOC(=O)C(C)NC(C)c1cc2c(s1)CCCC2. The molecular formula is C15H23NO2S. The van der Waals surface area contributed by atoms with Crippen molar-refractivity contribution in [1.29, 1.82) is 0 Å². The van der Waals surface area contributed by atoms with E-state index in [0.717, 1.165) is 0 Å². The van der Waals surface area contributed by atoms with Crippen LogP contribution in [0.25, 0.3) is 0 Å². The molecule has 1 aromatic rings. The zero-order valence-electron chi connectivity index (χ0n) is 12.0. The minimum atomic E-state index is -0.255. The van der Waals surface area contributed by atoms with E-state index in [9.17, 15) is 4.79 Å². The highest BCUT2D eigenvalue weighted by Crippen LogP contribution is 2.32. The summed E-state index contributed by atoms with van der Waals surface area (Å²) in [5.74, 6) is -0.171. The van der Waals surface area contributed by atoms with Gasteiger partial charge in [-0.2, -0.15) is 0 Å². The van der Waals surface area contributed by atoms with Gasteiger partial charge in [0.1, 0.15) is 6.04 Å². The van der Waals surface area contributed by atoms with Crippen molar-refractivity contribution in [1.82, 2.24) is 5.32 Å². The third kappa shape index (κ3) is 3.57. The van der Waals surface area contributed by atoms with Crippen molar-refractivity contribution >= 4 is 17.3 Å². The fraction of sp³-hybridized carbons (Fsp3) is 0.667. The van der Waals surface area contributed by atoms with Crippen molar-refractivity contribution in [3.63, 3.8) is 0 Å². The molecule has 106 valence electrons. The number of aryl methyl sites for hydroxylation is 2. The number of nitrogens with one attached hydrogen (secondary N) is 1. The van der Waals surface area contributed by atoms with Gasteiger partial charge in [-0.05, 0) is 58.1 Å². The average Bonchev–Trinajstić information content (AvgIpc) is 2.82. The number of fused-ring (bicyclic) bond motifs is 1. The molecule has 2 atom stereocenters. The Kier molecular flexibility index (Phi) is 4.99. The zero-order valence-corrected chi connectivity index (χ0v) is 12.8. The van der Waals surface area contributed by atoms with Crippen LogP contribution in [0.2, 0.25) is 0 Å². The number of carbonyl (C=O) groups excluding carboxylic acids is 1. The summed E-state index contributed by atoms with van der Waals surface area (Å²) in [5.41, 5.74) is 1.52. The second-order valence-corrected chi connectivity index (χ2v) is 6.33. The van der Waals surface area contributed by atoms with Crippen LogP contribution in [0, 0.1) is 0 Å². The number of esters is 1. The predicted molar refractivity (Wildman–Crippen MR) is 78.6 cm³/mol. The maximum atomic E-state index is 11.6. The molecule has 0 aromatic carbocycles. The summed E-state index contributed by atoms with van der Waals surface area (Å²) < 4.78 is 5.02. The number of ether oxygens (including phenoxy) is 1. The number of carbonyl (C=O) groups is 1. The lowest BCUT2D eigenvalue weighted by molar-refractivity contribution is -0.145. The van der Waals surface area contributed by atoms with Crippen LogP contribution in [-0.2, 0) is 22.4 Å². The van der Waals surface area contributed by atoms with Crippen molar-refractivity contribution in [3.05, 3.63) is 21.4 Å². The molecule has 0 saturated heterocycles. The molecule has 3 nitrogen and oxygen atoms in total. The molecule has 1 heterocycles. The van der Waals surface area contributed by atoms with Crippen LogP contribution in [0.4, 0.5) is 0 Å². The van der Waals surface area contributed by atoms with E-state index in [0.29, 0.717) is 6.61 Å². The molecule has 1 aliphatic carbocycles. The van der Waals surface area contributed by atoms with E-state index < -0.39 is 0 Å². The first-order valence-corrected chi connectivity index (χ1v) is 7.97. The van der Waals surface area contributed by atoms with Gasteiger partial charge < -0.3 is 4.74 Å². The average molecular weight is 281 g/mol. The molecule has 0 amide bonds. The van der Waals surface area contributed by atoms with Crippen LogP contribution >= 0.6 is 11.3 Å². The topological polar surface area (TPSA) is 38.3 Å². The Morgan fingerprint density at radius 2 is 2.16 bits per heavy atom. The molecule has 0 aliphatic heterocycles. The number of thiophene rings is 1. The fourth-order valence-corrected chi connectivity index (χ4v) is 3.79. The van der Waals surface area contributed by atoms with E-state index >= 15 is 0 Å². The van der Waals surface area contributed by atoms with Gasteiger partial charge in [-0.1, -0.05) is 0 Å². The molecule has 1 aliphatic rings. The number of hydrogen-bond donors (Lipinski definition) is 1. The molecule has 1 N–H and O–H groups in total. The Hall–Kier alpha value is -0.870. The molecule has 0 radical (unpaired) electrons. The summed E-state index contributed by atoms with van der Waals surface area (Å²) in [4.78, 5) is 14.5. The summed E-state index contributed by atoms with van der Waals surface area (Å²) in [7, 11) is 0. The quantitative estimate of drug-likeness (QED) is 0.842. The van der Waals surface area contributed by atoms with E-state index in [1.54, 1.807) is 4.88 Å². The van der Waals surface area contributed by atoms with Crippen LogP contribution in [0.5, 0.6) is 0 Å². The highest BCUT2D eigenvalue weighted by molar-refractivity contribution is 7.12. The van der Waals surface area contributed by atoms with E-state index in [4.69, 9.17) is 4.74 Å². The van der Waals surface area contributed by atoms with E-state index in [2.05, 4.69) is 18.3 Å². The van der Waals surface area contributed by atoms with Crippen molar-refractivity contribution in [2.45, 2.75) is 58.5 Å². The second-order valence-electron chi connectivity index (χ2n) is 5.17. The zero-order chi connectivity index (χ0) is 13.8. The van der Waals surface area contributed by atoms with Crippen LogP contribution in [0.15, 0.2) is 6.07 Å². The standard InChI is InChI=1S/C15H23NO2S/c1-4-18-15(17)11(3)16-10(2)14-9-12-7-5-6-8-13(12)19-14/h9-11,16H,4-8H2,1-3H3. The Labute approximate surface area is 119 Å². The molecule has 0 saturated carbocycles. The third-order valence-corrected chi connectivity index (χ3v) is 5.00. The maximum Gasteiger partial charge on any atom is 0.322 e. The molecule has 1 aromatic heterocycles. The monoisotopic (exact) mass is 281 g/mol. The maximum absolute atomic E-state index is 11.6. The van der Waals surface area contributed by atoms with Gasteiger partial charge in [0.05, 0.1) is 6.61 Å². The van der Waals surface area contributed by atoms with Crippen LogP contribution in [-0.4, -0.2) is 18.6 Å². The summed E-state index contributed by atoms with van der Waals surface area (Å²) in [6, 6.07) is 2.26. The molecule has 2 unspecified atom stereocenters. The van der Waals surface area contributed by atoms with Crippen molar-refractivity contribution in [2.24, 2.45) is 0 Å². The molecule has 19 heavy (non-hydrogen) atoms. The van der Waals surface area contributed by atoms with E-state index in [1.807, 2.05) is 25.2 Å². The predicted octanol–water partition coefficient (Wildman–Crippen LogP) is 3.23. The molecule has 0 fully saturated rings. The van der Waals surface area contributed by atoms with Gasteiger partial charge in [-0.25, -0.2) is 0 Å². The lowest BCUT2D eigenvalue weighted by Gasteiger charge is -2.17. The first-order chi connectivity index (χ1) is 9.11. The van der Waals surface area contributed by atoms with E-state index in [1.165, 1.54) is 36.1 Å². The Morgan fingerprint density at radius 1 is 1.42 bits per heavy atom. The summed E-state index contributed by atoms with van der Waals surface area (Å²) >= 11 is 1.90. The Bertz CT molecular complexity index is 418. The van der Waals surface area contributed by atoms with Gasteiger partial charge >= 0.3 is 5.97 Å². The summed E-state index contributed by atoms with van der Waals surface area (Å²) in [6.07, 6.45) is 5.06. The lowest BCUT2D eigenvalue weighted by Crippen LogP contribution is -2.36. The second kappa shape index (κ2) is 6.53. The van der Waals surface area contributed by atoms with Gasteiger partial charge in [-0.15, -0.1) is 11.3 Å². The van der Waals surface area contributed by atoms with Crippen molar-refractivity contribution in [3.8, 4) is 0 Å². The van der Waals surface area contributed by atoms with Gasteiger partial charge in [-0.3, -0.25) is 10.1 Å². The molecule has 4 heteroatoms. The highest BCUT2D eigenvalue weighted by atomic mass is 32.1. The number of rotatable bonds is 5. The van der Waals surface area contributed by atoms with Crippen molar-refractivity contribution < 1.29 is 9.53 Å². The van der Waals surface area contributed by atoms with E-state index in [-0.39, 0.29) is 18.1 Å². The van der Waals surface area contributed by atoms with Gasteiger partial charge in [0.15, 0.2) is 0 Å². The first kappa shape index (κ1) is 14.5. The molecular weight excluding hydrogens is 258 g/mol. The van der Waals surface area contributed by atoms with Crippen LogP contribution in [0.1, 0.15) is 55.0 Å². The highest BCUT2D eigenvalue weighted by Gasteiger charge is 2.20. The van der Waals surface area contributed by atoms with Crippen LogP contribution < -0.4 is 5.32 Å². The Balaban J connectivity index is 1.97. The lowest BCUT2D eigenvalue weighted by atomic mass is 9.99. The Morgan fingerprint density at radius 3 is 2.84 bits per heavy atom. The largest absolute Gasteiger partial charge is 0.465 e.